The van der Waals surface area contributed by atoms with Crippen LogP contribution in [0.4, 0.5) is 0 Å². The summed E-state index contributed by atoms with van der Waals surface area (Å²) in [6, 6.07) is 3.02. The summed E-state index contributed by atoms with van der Waals surface area (Å²) in [5.41, 5.74) is 2.53. The molecule has 0 saturated heterocycles. The lowest BCUT2D eigenvalue weighted by atomic mass is 10.2. The van der Waals surface area contributed by atoms with Gasteiger partial charge in [0.2, 0.25) is 0 Å². The van der Waals surface area contributed by atoms with E-state index in [-0.39, 0.29) is 0 Å². The molecule has 94 valence electrons. The fraction of sp³-hybridized carbons (Fsp3) is 0.364. The fourth-order valence-electron chi connectivity index (χ4n) is 1.29. The van der Waals surface area contributed by atoms with Crippen LogP contribution in [0.5, 0.6) is 11.5 Å². The van der Waals surface area contributed by atoms with Crippen LogP contribution in [0.3, 0.4) is 0 Å². The molecule has 1 rings (SSSR count). The Kier molecular flexibility index (Phi) is 5.06. The number of halogens is 1. The largest absolute Gasteiger partial charge is 0.493 e. The maximum Gasteiger partial charge on any atom is 0.275 e. The van der Waals surface area contributed by atoms with Gasteiger partial charge in [-0.3, -0.25) is 9.63 Å². The zero-order chi connectivity index (χ0) is 12.8. The van der Waals surface area contributed by atoms with Crippen molar-refractivity contribution in [3.63, 3.8) is 0 Å². The predicted molar refractivity (Wildman–Crippen MR) is 63.6 cm³/mol. The van der Waals surface area contributed by atoms with Crippen LogP contribution in [0.2, 0.25) is 5.02 Å². The zero-order valence-electron chi connectivity index (χ0n) is 9.87. The Labute approximate surface area is 105 Å². The van der Waals surface area contributed by atoms with E-state index < -0.39 is 5.91 Å². The highest BCUT2D eigenvalue weighted by atomic mass is 35.5. The van der Waals surface area contributed by atoms with Gasteiger partial charge in [0.1, 0.15) is 0 Å². The second-order valence-electron chi connectivity index (χ2n) is 3.06. The summed E-state index contributed by atoms with van der Waals surface area (Å²) in [5.74, 6) is 0.419. The van der Waals surface area contributed by atoms with Crippen LogP contribution < -0.4 is 15.0 Å². The topological polar surface area (TPSA) is 56.8 Å². The van der Waals surface area contributed by atoms with Crippen LogP contribution >= 0.6 is 11.6 Å². The third kappa shape index (κ3) is 3.25. The summed E-state index contributed by atoms with van der Waals surface area (Å²) < 4.78 is 10.5. The molecule has 0 saturated carbocycles. The highest BCUT2D eigenvalue weighted by Gasteiger charge is 2.15. The molecule has 0 heterocycles. The van der Waals surface area contributed by atoms with Gasteiger partial charge in [0, 0.05) is 5.56 Å². The molecule has 0 aliphatic rings. The fourth-order valence-corrected chi connectivity index (χ4v) is 1.55. The number of nitrogens with one attached hydrogen (secondary N) is 1. The van der Waals surface area contributed by atoms with E-state index in [0.717, 1.165) is 0 Å². The molecule has 0 radical (unpaired) electrons. The van der Waals surface area contributed by atoms with Crippen molar-refractivity contribution < 1.29 is 19.1 Å². The van der Waals surface area contributed by atoms with E-state index in [1.807, 2.05) is 6.92 Å². The molecule has 17 heavy (non-hydrogen) atoms. The predicted octanol–water partition coefficient (Wildman–Crippen LogP) is 2.04. The van der Waals surface area contributed by atoms with Crippen LogP contribution in [-0.2, 0) is 4.84 Å². The molecule has 0 aliphatic carbocycles. The maximum atomic E-state index is 11.5. The van der Waals surface area contributed by atoms with Crippen LogP contribution in [0, 0.1) is 0 Å². The van der Waals surface area contributed by atoms with E-state index in [4.69, 9.17) is 21.1 Å². The lowest BCUT2D eigenvalue weighted by Crippen LogP contribution is -2.21. The molecule has 0 aliphatic heterocycles. The van der Waals surface area contributed by atoms with Gasteiger partial charge in [-0.2, -0.15) is 0 Å². The summed E-state index contributed by atoms with van der Waals surface area (Å²) in [6.45, 7) is 2.29. The standard InChI is InChI=1S/C11H14ClNO4/c1-4-17-10-8(12)5-7(6-9(10)15-2)11(14)13-16-3/h5-6H,4H2,1-3H3,(H,13,14). The van der Waals surface area contributed by atoms with Crippen molar-refractivity contribution in [1.82, 2.24) is 5.48 Å². The number of hydroxylamine groups is 1. The van der Waals surface area contributed by atoms with Gasteiger partial charge < -0.3 is 9.47 Å². The zero-order valence-corrected chi connectivity index (χ0v) is 10.6. The second kappa shape index (κ2) is 6.32. The monoisotopic (exact) mass is 259 g/mol. The molecule has 0 spiro atoms. The van der Waals surface area contributed by atoms with E-state index in [2.05, 4.69) is 10.3 Å². The van der Waals surface area contributed by atoms with Gasteiger partial charge in [-0.25, -0.2) is 5.48 Å². The Balaban J connectivity index is 3.12. The molecule has 1 aromatic rings. The minimum Gasteiger partial charge on any atom is -0.493 e. The molecule has 0 unspecified atom stereocenters. The summed E-state index contributed by atoms with van der Waals surface area (Å²) in [7, 11) is 2.83. The molecule has 5 nitrogen and oxygen atoms in total. The number of carbonyl (C=O) groups is 1. The van der Waals surface area contributed by atoms with Gasteiger partial charge in [-0.1, -0.05) is 11.6 Å². The minimum absolute atomic E-state index is 0.312. The van der Waals surface area contributed by atoms with Crippen molar-refractivity contribution in [3.8, 4) is 11.5 Å². The number of rotatable bonds is 5. The van der Waals surface area contributed by atoms with Gasteiger partial charge in [-0.15, -0.1) is 0 Å². The Morgan fingerprint density at radius 2 is 2.12 bits per heavy atom. The van der Waals surface area contributed by atoms with E-state index in [0.29, 0.717) is 28.7 Å². The van der Waals surface area contributed by atoms with Gasteiger partial charge in [0.15, 0.2) is 11.5 Å². The molecule has 0 bridgehead atoms. The third-order valence-electron chi connectivity index (χ3n) is 1.98. The van der Waals surface area contributed by atoms with Gasteiger partial charge >= 0.3 is 0 Å². The first-order chi connectivity index (χ1) is 8.13. The first kappa shape index (κ1) is 13.6. The average Bonchev–Trinajstić information content (AvgIpc) is 2.31. The Morgan fingerprint density at radius 3 is 2.65 bits per heavy atom. The molecule has 0 fully saturated rings. The number of carbonyl (C=O) groups excluding carboxylic acids is 1. The lowest BCUT2D eigenvalue weighted by Gasteiger charge is -2.12. The quantitative estimate of drug-likeness (QED) is 0.822. The van der Waals surface area contributed by atoms with E-state index in [1.165, 1.54) is 26.4 Å². The molecule has 0 atom stereocenters. The SMILES string of the molecule is CCOc1c(Cl)cc(C(=O)NOC)cc1OC. The number of benzene rings is 1. The highest BCUT2D eigenvalue weighted by Crippen LogP contribution is 2.36. The lowest BCUT2D eigenvalue weighted by molar-refractivity contribution is 0.0537. The molecule has 1 amide bonds. The van der Waals surface area contributed by atoms with E-state index >= 15 is 0 Å². The Morgan fingerprint density at radius 1 is 1.41 bits per heavy atom. The first-order valence-electron chi connectivity index (χ1n) is 4.97. The number of hydrogen-bond acceptors (Lipinski definition) is 4. The van der Waals surface area contributed by atoms with E-state index in [9.17, 15) is 4.79 Å². The number of ether oxygens (including phenoxy) is 2. The van der Waals surface area contributed by atoms with E-state index in [1.54, 1.807) is 0 Å². The first-order valence-corrected chi connectivity index (χ1v) is 5.35. The molecule has 0 aromatic heterocycles. The highest BCUT2D eigenvalue weighted by molar-refractivity contribution is 6.32. The molecule has 1 aromatic carbocycles. The van der Waals surface area contributed by atoms with Crippen LogP contribution in [0.1, 0.15) is 17.3 Å². The number of methoxy groups -OCH3 is 1. The molecule has 6 heteroatoms. The maximum absolute atomic E-state index is 11.5. The van der Waals surface area contributed by atoms with Crippen molar-refractivity contribution in [3.05, 3.63) is 22.7 Å². The number of hydrogen-bond donors (Lipinski definition) is 1. The van der Waals surface area contributed by atoms with Crippen molar-refractivity contribution in [2.24, 2.45) is 0 Å². The molecule has 1 N–H and O–H groups in total. The Bertz CT molecular complexity index is 409. The van der Waals surface area contributed by atoms with Gasteiger partial charge in [-0.05, 0) is 19.1 Å². The molecular formula is C11H14ClNO4. The second-order valence-corrected chi connectivity index (χ2v) is 3.46. The van der Waals surface area contributed by atoms with Crippen LogP contribution in [-0.4, -0.2) is 26.7 Å². The van der Waals surface area contributed by atoms with Crippen molar-refractivity contribution in [2.75, 3.05) is 20.8 Å². The van der Waals surface area contributed by atoms with Crippen molar-refractivity contribution in [1.29, 1.82) is 0 Å². The smallest absolute Gasteiger partial charge is 0.275 e. The van der Waals surface area contributed by atoms with Crippen LogP contribution in [0.15, 0.2) is 12.1 Å². The normalized spacial score (nSPS) is 9.88. The van der Waals surface area contributed by atoms with Crippen LogP contribution in [0.25, 0.3) is 0 Å². The van der Waals surface area contributed by atoms with Gasteiger partial charge in [0.25, 0.3) is 5.91 Å². The third-order valence-corrected chi connectivity index (χ3v) is 2.26. The van der Waals surface area contributed by atoms with Crippen molar-refractivity contribution in [2.45, 2.75) is 6.92 Å². The summed E-state index contributed by atoms with van der Waals surface area (Å²) >= 11 is 6.01. The molecular weight excluding hydrogens is 246 g/mol. The summed E-state index contributed by atoms with van der Waals surface area (Å²) in [4.78, 5) is 16.1. The minimum atomic E-state index is -0.407. The average molecular weight is 260 g/mol. The summed E-state index contributed by atoms with van der Waals surface area (Å²) in [5, 5.41) is 0.312. The Hall–Kier alpha value is -1.46. The number of amides is 1. The summed E-state index contributed by atoms with van der Waals surface area (Å²) in [6.07, 6.45) is 0. The van der Waals surface area contributed by atoms with Gasteiger partial charge in [0.05, 0.1) is 25.8 Å². The van der Waals surface area contributed by atoms with Crippen molar-refractivity contribution >= 4 is 17.5 Å².